The van der Waals surface area contributed by atoms with E-state index in [9.17, 15) is 9.90 Å². The van der Waals surface area contributed by atoms with Crippen LogP contribution in [-0.2, 0) is 4.79 Å². The second-order valence-corrected chi connectivity index (χ2v) is 12.2. The lowest BCUT2D eigenvalue weighted by molar-refractivity contribution is -0.151. The molecule has 0 unspecified atom stereocenters. The van der Waals surface area contributed by atoms with E-state index >= 15 is 0 Å². The molecule has 0 saturated carbocycles. The molecule has 3 fully saturated rings. The van der Waals surface area contributed by atoms with Crippen molar-refractivity contribution in [3.8, 4) is 11.5 Å². The molecule has 3 saturated heterocycles. The molecule has 4 aliphatic heterocycles. The van der Waals surface area contributed by atoms with Crippen LogP contribution in [0.25, 0.3) is 10.8 Å². The quantitative estimate of drug-likeness (QED) is 0.711. The number of aliphatic imine (C=N–C) groups is 1. The normalized spacial score (nSPS) is 34.3. The first-order chi connectivity index (χ1) is 15.4. The van der Waals surface area contributed by atoms with E-state index in [2.05, 4.69) is 23.8 Å². The van der Waals surface area contributed by atoms with Crippen LogP contribution in [0.2, 0.25) is 0 Å². The SMILES string of the molecule is COc1cc(C2=N[C@H]([C@@H]3SC[C@H]4[C@@H]5SC[C@](C)(C(=O)N43)N5C)CS2)c(O)c2ccccc12. The lowest BCUT2D eigenvalue weighted by Gasteiger charge is -2.47. The Hall–Kier alpha value is -1.55. The fraction of sp³-hybridized carbons (Fsp3) is 0.478. The highest BCUT2D eigenvalue weighted by Crippen LogP contribution is 2.51. The Morgan fingerprint density at radius 3 is 2.75 bits per heavy atom. The van der Waals surface area contributed by atoms with Crippen LogP contribution < -0.4 is 4.74 Å². The van der Waals surface area contributed by atoms with Crippen LogP contribution in [0.1, 0.15) is 12.5 Å². The first-order valence-electron chi connectivity index (χ1n) is 10.7. The Balaban J connectivity index is 1.35. The molecule has 4 heterocycles. The van der Waals surface area contributed by atoms with Crippen molar-refractivity contribution in [3.05, 3.63) is 35.9 Å². The lowest BCUT2D eigenvalue weighted by Crippen LogP contribution is -2.68. The van der Waals surface area contributed by atoms with Gasteiger partial charge in [0.1, 0.15) is 27.5 Å². The summed E-state index contributed by atoms with van der Waals surface area (Å²) in [6, 6.07) is 9.85. The third kappa shape index (κ3) is 2.80. The van der Waals surface area contributed by atoms with Gasteiger partial charge in [-0.2, -0.15) is 0 Å². The number of hydrogen-bond donors (Lipinski definition) is 1. The number of methoxy groups -OCH3 is 1. The molecule has 2 bridgehead atoms. The van der Waals surface area contributed by atoms with Gasteiger partial charge in [0.25, 0.3) is 0 Å². The summed E-state index contributed by atoms with van der Waals surface area (Å²) >= 11 is 5.43. The second kappa shape index (κ2) is 7.48. The van der Waals surface area contributed by atoms with Crippen LogP contribution in [0.4, 0.5) is 0 Å². The van der Waals surface area contributed by atoms with Gasteiger partial charge < -0.3 is 14.7 Å². The number of ether oxygens (including phenoxy) is 1. The number of carbonyl (C=O) groups is 1. The largest absolute Gasteiger partial charge is 0.507 e. The van der Waals surface area contributed by atoms with Crippen molar-refractivity contribution >= 4 is 57.0 Å². The molecule has 1 amide bonds. The molecular formula is C23H25N3O3S3. The van der Waals surface area contributed by atoms with Gasteiger partial charge in [-0.15, -0.1) is 35.3 Å². The molecule has 5 atom stereocenters. The summed E-state index contributed by atoms with van der Waals surface area (Å²) in [4.78, 5) is 23.0. The number of nitrogens with zero attached hydrogens (tertiary/aromatic N) is 3. The molecule has 6 nitrogen and oxygen atoms in total. The number of aromatic hydroxyl groups is 1. The van der Waals surface area contributed by atoms with Gasteiger partial charge >= 0.3 is 0 Å². The number of amides is 1. The molecule has 6 rings (SSSR count). The van der Waals surface area contributed by atoms with Crippen molar-refractivity contribution in [3.63, 3.8) is 0 Å². The summed E-state index contributed by atoms with van der Waals surface area (Å²) < 4.78 is 5.61. The number of piperazine rings is 1. The average molecular weight is 488 g/mol. The molecule has 9 heteroatoms. The molecular weight excluding hydrogens is 462 g/mol. The van der Waals surface area contributed by atoms with Crippen molar-refractivity contribution in [2.24, 2.45) is 4.99 Å². The fourth-order valence-electron chi connectivity index (χ4n) is 5.27. The predicted molar refractivity (Wildman–Crippen MR) is 134 cm³/mol. The zero-order valence-electron chi connectivity index (χ0n) is 18.1. The number of thioether (sulfide) groups is 3. The van der Waals surface area contributed by atoms with Crippen LogP contribution in [0.3, 0.4) is 0 Å². The minimum Gasteiger partial charge on any atom is -0.507 e. The molecule has 0 spiro atoms. The number of phenols is 1. The highest BCUT2D eigenvalue weighted by atomic mass is 32.2. The first-order valence-corrected chi connectivity index (χ1v) is 13.8. The number of phenolic OH excluding ortho intramolecular Hbond substituents is 1. The minimum atomic E-state index is -0.419. The monoisotopic (exact) mass is 487 g/mol. The number of carbonyl (C=O) groups excluding carboxylic acids is 1. The van der Waals surface area contributed by atoms with E-state index in [0.717, 1.165) is 38.8 Å². The number of hydrogen-bond acceptors (Lipinski definition) is 8. The molecule has 32 heavy (non-hydrogen) atoms. The van der Waals surface area contributed by atoms with Gasteiger partial charge in [0, 0.05) is 28.0 Å². The third-order valence-electron chi connectivity index (χ3n) is 7.22. The van der Waals surface area contributed by atoms with Gasteiger partial charge in [-0.05, 0) is 20.0 Å². The second-order valence-electron chi connectivity index (χ2n) is 8.92. The van der Waals surface area contributed by atoms with Gasteiger partial charge in [-0.3, -0.25) is 14.7 Å². The Morgan fingerprint density at radius 1 is 1.19 bits per heavy atom. The van der Waals surface area contributed by atoms with Gasteiger partial charge in [0.15, 0.2) is 0 Å². The Labute approximate surface area is 200 Å². The molecule has 0 aromatic heterocycles. The topological polar surface area (TPSA) is 65.4 Å². The molecule has 0 aliphatic carbocycles. The Kier molecular flexibility index (Phi) is 4.91. The summed E-state index contributed by atoms with van der Waals surface area (Å²) in [5, 5.41) is 13.9. The maximum absolute atomic E-state index is 13.5. The van der Waals surface area contributed by atoms with Crippen molar-refractivity contribution < 1.29 is 14.6 Å². The molecule has 1 N–H and O–H groups in total. The van der Waals surface area contributed by atoms with Crippen molar-refractivity contribution in [2.45, 2.75) is 35.3 Å². The van der Waals surface area contributed by atoms with Crippen LogP contribution >= 0.6 is 35.3 Å². The fourth-order valence-corrected chi connectivity index (χ4v) is 9.88. The van der Waals surface area contributed by atoms with E-state index in [1.165, 1.54) is 0 Å². The summed E-state index contributed by atoms with van der Waals surface area (Å²) in [7, 11) is 3.74. The highest BCUT2D eigenvalue weighted by Gasteiger charge is 2.61. The lowest BCUT2D eigenvalue weighted by atomic mass is 9.95. The molecule has 2 aromatic rings. The predicted octanol–water partition coefficient (Wildman–Crippen LogP) is 3.46. The summed E-state index contributed by atoms with van der Waals surface area (Å²) in [6.07, 6.45) is 0. The van der Waals surface area contributed by atoms with Crippen molar-refractivity contribution in [1.29, 1.82) is 0 Å². The van der Waals surface area contributed by atoms with Gasteiger partial charge in [0.05, 0.1) is 30.1 Å². The van der Waals surface area contributed by atoms with Gasteiger partial charge in [-0.25, -0.2) is 0 Å². The average Bonchev–Trinajstić information content (AvgIpc) is 3.50. The number of rotatable bonds is 3. The Bertz CT molecular complexity index is 1160. The van der Waals surface area contributed by atoms with Crippen LogP contribution in [0, 0.1) is 0 Å². The zero-order chi connectivity index (χ0) is 22.2. The van der Waals surface area contributed by atoms with E-state index in [-0.39, 0.29) is 29.1 Å². The maximum Gasteiger partial charge on any atom is 0.245 e. The highest BCUT2D eigenvalue weighted by molar-refractivity contribution is 8.14. The van der Waals surface area contributed by atoms with E-state index in [1.807, 2.05) is 53.9 Å². The third-order valence-corrected chi connectivity index (χ3v) is 11.4. The zero-order valence-corrected chi connectivity index (χ0v) is 20.6. The molecule has 168 valence electrons. The maximum atomic E-state index is 13.5. The number of likely N-dealkylation sites (N-methyl/N-ethyl adjacent to an activating group) is 1. The van der Waals surface area contributed by atoms with E-state index in [4.69, 9.17) is 9.73 Å². The molecule has 4 aliphatic rings. The summed E-state index contributed by atoms with van der Waals surface area (Å²) in [6.45, 7) is 2.08. The smallest absolute Gasteiger partial charge is 0.245 e. The van der Waals surface area contributed by atoms with Crippen LogP contribution in [-0.4, -0.2) is 85.6 Å². The Morgan fingerprint density at radius 2 is 1.97 bits per heavy atom. The van der Waals surface area contributed by atoms with E-state index < -0.39 is 5.54 Å². The first kappa shape index (κ1) is 21.0. The van der Waals surface area contributed by atoms with E-state index in [1.54, 1.807) is 18.9 Å². The van der Waals surface area contributed by atoms with Crippen LogP contribution in [0.5, 0.6) is 11.5 Å². The van der Waals surface area contributed by atoms with E-state index in [0.29, 0.717) is 10.9 Å². The number of benzene rings is 2. The number of fused-ring (bicyclic) bond motifs is 5. The molecule has 2 aromatic carbocycles. The summed E-state index contributed by atoms with van der Waals surface area (Å²) in [5.41, 5.74) is 0.289. The van der Waals surface area contributed by atoms with Crippen molar-refractivity contribution in [2.75, 3.05) is 31.4 Å². The van der Waals surface area contributed by atoms with Crippen molar-refractivity contribution in [1.82, 2.24) is 9.80 Å². The van der Waals surface area contributed by atoms with Gasteiger partial charge in [0.2, 0.25) is 5.91 Å². The molecule has 0 radical (unpaired) electrons. The van der Waals surface area contributed by atoms with Crippen LogP contribution in [0.15, 0.2) is 35.3 Å². The minimum absolute atomic E-state index is 0.0159. The van der Waals surface area contributed by atoms with Gasteiger partial charge in [-0.1, -0.05) is 24.3 Å². The summed E-state index contributed by atoms with van der Waals surface area (Å²) in [5.74, 6) is 3.83. The standard InChI is InChI=1S/C23H25N3O3S3/c1-23-11-32-21(25(23)2)16-10-31-20(26(16)22(23)28)15-9-30-19(24-15)14-8-17(29-3)12-6-4-5-7-13(12)18(14)27/h4-8,15-16,20-21,27H,9-11H2,1-3H3/t15-,16-,20-,21-,23+/m0/s1.